The van der Waals surface area contributed by atoms with Crippen molar-refractivity contribution in [3.63, 3.8) is 0 Å². The fourth-order valence-electron chi connectivity index (χ4n) is 1.83. The molecular weight excluding hydrogens is 274 g/mol. The minimum Gasteiger partial charge on any atom is -0.467 e. The molecule has 0 fully saturated rings. The van der Waals surface area contributed by atoms with Gasteiger partial charge in [0.25, 0.3) is 5.91 Å². The van der Waals surface area contributed by atoms with Crippen LogP contribution in [0.2, 0.25) is 0 Å². The van der Waals surface area contributed by atoms with Gasteiger partial charge in [-0.3, -0.25) is 4.79 Å². The Morgan fingerprint density at radius 3 is 2.48 bits per heavy atom. The highest BCUT2D eigenvalue weighted by Gasteiger charge is 2.32. The summed E-state index contributed by atoms with van der Waals surface area (Å²) in [6.45, 7) is 0. The third-order valence-corrected chi connectivity index (χ3v) is 2.93. The van der Waals surface area contributed by atoms with Crippen molar-refractivity contribution >= 4 is 11.9 Å². The quantitative estimate of drug-likeness (QED) is 0.810. The molecule has 2 aromatic rings. The Bertz CT molecular complexity index is 594. The normalized spacial score (nSPS) is 13.2. The van der Waals surface area contributed by atoms with E-state index in [-0.39, 0.29) is 5.76 Å². The van der Waals surface area contributed by atoms with E-state index in [0.717, 1.165) is 0 Å². The number of nitrogens with one attached hydrogen (secondary N) is 1. The molecule has 1 aromatic heterocycles. The molecule has 21 heavy (non-hydrogen) atoms. The van der Waals surface area contributed by atoms with Gasteiger partial charge in [-0.1, -0.05) is 18.2 Å². The summed E-state index contributed by atoms with van der Waals surface area (Å²) < 4.78 is 9.66. The first-order valence-corrected chi connectivity index (χ1v) is 6.28. The summed E-state index contributed by atoms with van der Waals surface area (Å²) in [5, 5.41) is 12.6. The van der Waals surface area contributed by atoms with E-state index in [2.05, 4.69) is 10.1 Å². The fraction of sp³-hybridized carbons (Fsp3) is 0.200. The van der Waals surface area contributed by atoms with Crippen molar-refractivity contribution in [1.29, 1.82) is 0 Å². The Hall–Kier alpha value is -2.60. The molecule has 1 amide bonds. The van der Waals surface area contributed by atoms with Crippen LogP contribution in [0.1, 0.15) is 22.2 Å². The van der Waals surface area contributed by atoms with Crippen molar-refractivity contribution in [3.8, 4) is 0 Å². The summed E-state index contributed by atoms with van der Waals surface area (Å²) in [4.78, 5) is 23.9. The van der Waals surface area contributed by atoms with Gasteiger partial charge in [0.1, 0.15) is 11.9 Å². The minimum absolute atomic E-state index is 0.166. The fourth-order valence-corrected chi connectivity index (χ4v) is 1.83. The zero-order valence-electron chi connectivity index (χ0n) is 11.4. The third-order valence-electron chi connectivity index (χ3n) is 2.93. The zero-order valence-corrected chi connectivity index (χ0v) is 11.4. The maximum absolute atomic E-state index is 12.1. The Morgan fingerprint density at radius 1 is 1.19 bits per heavy atom. The number of hydrogen-bond acceptors (Lipinski definition) is 5. The molecule has 6 heteroatoms. The van der Waals surface area contributed by atoms with E-state index in [0.29, 0.717) is 5.56 Å². The standard InChI is InChI=1S/C15H15NO5/c1-20-15(19)12(13(17)11-8-5-9-21-11)16-14(18)10-6-3-2-4-7-10/h2-9,12-13,17H,1H3,(H,16,18)/t12-,13-/m0/s1. The molecule has 0 aliphatic rings. The van der Waals surface area contributed by atoms with Crippen molar-refractivity contribution in [2.45, 2.75) is 12.1 Å². The maximum Gasteiger partial charge on any atom is 0.331 e. The molecule has 0 aliphatic heterocycles. The highest BCUT2D eigenvalue weighted by molar-refractivity contribution is 5.96. The van der Waals surface area contributed by atoms with Gasteiger partial charge in [0.15, 0.2) is 6.04 Å². The van der Waals surface area contributed by atoms with Crippen LogP contribution in [-0.4, -0.2) is 30.1 Å². The summed E-state index contributed by atoms with van der Waals surface area (Å²) in [5.41, 5.74) is 0.373. The molecule has 0 bridgehead atoms. The molecule has 2 N–H and O–H groups in total. The SMILES string of the molecule is COC(=O)[C@@H](NC(=O)c1ccccc1)[C@@H](O)c1ccco1. The second kappa shape index (κ2) is 6.71. The van der Waals surface area contributed by atoms with Crippen LogP contribution in [0.25, 0.3) is 0 Å². The van der Waals surface area contributed by atoms with E-state index in [1.807, 2.05) is 0 Å². The van der Waals surface area contributed by atoms with Gasteiger partial charge in [0.2, 0.25) is 0 Å². The van der Waals surface area contributed by atoms with Crippen LogP contribution in [0.15, 0.2) is 53.1 Å². The average molecular weight is 289 g/mol. The smallest absolute Gasteiger partial charge is 0.331 e. The molecule has 0 unspecified atom stereocenters. The molecule has 1 heterocycles. The van der Waals surface area contributed by atoms with Gasteiger partial charge in [0.05, 0.1) is 13.4 Å². The Labute approximate surface area is 121 Å². The number of furan rings is 1. The van der Waals surface area contributed by atoms with Gasteiger partial charge in [-0.2, -0.15) is 0 Å². The van der Waals surface area contributed by atoms with E-state index >= 15 is 0 Å². The van der Waals surface area contributed by atoms with Crippen molar-refractivity contribution in [1.82, 2.24) is 5.32 Å². The lowest BCUT2D eigenvalue weighted by Crippen LogP contribution is -2.45. The van der Waals surface area contributed by atoms with Crippen LogP contribution in [0.3, 0.4) is 0 Å². The summed E-state index contributed by atoms with van der Waals surface area (Å²) >= 11 is 0. The molecule has 2 rings (SSSR count). The monoisotopic (exact) mass is 289 g/mol. The first-order valence-electron chi connectivity index (χ1n) is 6.28. The minimum atomic E-state index is -1.33. The van der Waals surface area contributed by atoms with Crippen LogP contribution in [0.4, 0.5) is 0 Å². The first-order chi connectivity index (χ1) is 10.1. The molecule has 0 aliphatic carbocycles. The lowest BCUT2D eigenvalue weighted by Gasteiger charge is -2.20. The largest absolute Gasteiger partial charge is 0.467 e. The second-order valence-electron chi connectivity index (χ2n) is 4.30. The van der Waals surface area contributed by atoms with Gasteiger partial charge in [-0.05, 0) is 24.3 Å². The van der Waals surface area contributed by atoms with E-state index in [1.54, 1.807) is 36.4 Å². The lowest BCUT2D eigenvalue weighted by atomic mass is 10.1. The molecule has 0 saturated carbocycles. The van der Waals surface area contributed by atoms with Gasteiger partial charge >= 0.3 is 5.97 Å². The molecular formula is C15H15NO5. The predicted octanol–water partition coefficient (Wildman–Crippen LogP) is 1.28. The number of esters is 1. The number of benzene rings is 1. The van der Waals surface area contributed by atoms with Crippen LogP contribution >= 0.6 is 0 Å². The molecule has 110 valence electrons. The molecule has 0 saturated heterocycles. The predicted molar refractivity (Wildman–Crippen MR) is 73.4 cm³/mol. The maximum atomic E-state index is 12.1. The zero-order chi connectivity index (χ0) is 15.2. The summed E-state index contributed by atoms with van der Waals surface area (Å²) in [6, 6.07) is 10.2. The number of methoxy groups -OCH3 is 1. The topological polar surface area (TPSA) is 88.8 Å². The lowest BCUT2D eigenvalue weighted by molar-refractivity contribution is -0.146. The van der Waals surface area contributed by atoms with Crippen LogP contribution < -0.4 is 5.32 Å². The Balaban J connectivity index is 2.17. The van der Waals surface area contributed by atoms with E-state index in [4.69, 9.17) is 4.42 Å². The second-order valence-corrected chi connectivity index (χ2v) is 4.30. The number of carbonyl (C=O) groups excluding carboxylic acids is 2. The van der Waals surface area contributed by atoms with Crippen molar-refractivity contribution in [2.24, 2.45) is 0 Å². The van der Waals surface area contributed by atoms with Crippen LogP contribution in [0.5, 0.6) is 0 Å². The van der Waals surface area contributed by atoms with Crippen molar-refractivity contribution < 1.29 is 23.8 Å². The number of rotatable bonds is 5. The van der Waals surface area contributed by atoms with Crippen LogP contribution in [0, 0.1) is 0 Å². The highest BCUT2D eigenvalue weighted by Crippen LogP contribution is 2.18. The number of aliphatic hydroxyl groups excluding tert-OH is 1. The molecule has 0 radical (unpaired) electrons. The molecule has 0 spiro atoms. The Kier molecular flexibility index (Phi) is 4.73. The molecule has 1 aromatic carbocycles. The summed E-state index contributed by atoms with van der Waals surface area (Å²) in [6.07, 6.45) is 0.0337. The van der Waals surface area contributed by atoms with Gasteiger partial charge in [-0.15, -0.1) is 0 Å². The highest BCUT2D eigenvalue weighted by atomic mass is 16.5. The van der Waals surface area contributed by atoms with E-state index < -0.39 is 24.0 Å². The number of hydrogen-bond donors (Lipinski definition) is 2. The number of ether oxygens (including phenoxy) is 1. The number of amides is 1. The Morgan fingerprint density at radius 2 is 1.90 bits per heavy atom. The summed E-state index contributed by atoms with van der Waals surface area (Å²) in [5.74, 6) is -1.08. The van der Waals surface area contributed by atoms with E-state index in [1.165, 1.54) is 19.4 Å². The summed E-state index contributed by atoms with van der Waals surface area (Å²) in [7, 11) is 1.18. The molecule has 6 nitrogen and oxygen atoms in total. The average Bonchev–Trinajstić information content (AvgIpc) is 3.06. The van der Waals surface area contributed by atoms with Gasteiger partial charge < -0.3 is 19.6 Å². The van der Waals surface area contributed by atoms with Crippen molar-refractivity contribution in [3.05, 3.63) is 60.1 Å². The van der Waals surface area contributed by atoms with Crippen LogP contribution in [-0.2, 0) is 9.53 Å². The molecule has 2 atom stereocenters. The van der Waals surface area contributed by atoms with E-state index in [9.17, 15) is 14.7 Å². The third kappa shape index (κ3) is 3.49. The number of aliphatic hydroxyl groups is 1. The van der Waals surface area contributed by atoms with Gasteiger partial charge in [-0.25, -0.2) is 4.79 Å². The van der Waals surface area contributed by atoms with Crippen molar-refractivity contribution in [2.75, 3.05) is 7.11 Å². The van der Waals surface area contributed by atoms with Gasteiger partial charge in [0, 0.05) is 5.56 Å². The first kappa shape index (κ1) is 14.8. The number of carbonyl (C=O) groups is 2.